The summed E-state index contributed by atoms with van der Waals surface area (Å²) in [7, 11) is 0. The fraction of sp³-hybridized carbons (Fsp3) is 0.158. The molecule has 1 aromatic heterocycles. The Morgan fingerprint density at radius 3 is 2.56 bits per heavy atom. The van der Waals surface area contributed by atoms with E-state index in [0.29, 0.717) is 5.69 Å². The van der Waals surface area contributed by atoms with Crippen molar-refractivity contribution in [3.8, 4) is 5.69 Å². The molecular weight excluding hydrogens is 337 g/mol. The molecule has 1 amide bonds. The molecule has 0 aliphatic carbocycles. The number of rotatable bonds is 5. The number of amides is 1. The second-order valence-corrected chi connectivity index (χ2v) is 6.70. The van der Waals surface area contributed by atoms with Crippen LogP contribution in [0.2, 0.25) is 0 Å². The van der Waals surface area contributed by atoms with Crippen LogP contribution in [0.5, 0.6) is 0 Å². The molecule has 128 valence electrons. The number of benzene rings is 2. The number of thioether (sulfide) groups is 1. The number of halogens is 1. The van der Waals surface area contributed by atoms with Crippen molar-refractivity contribution < 1.29 is 9.18 Å². The summed E-state index contributed by atoms with van der Waals surface area (Å²) in [5.74, 6) is -0.159. The summed E-state index contributed by atoms with van der Waals surface area (Å²) in [6.45, 7) is 3.91. The van der Waals surface area contributed by atoms with Crippen LogP contribution in [0.3, 0.4) is 0 Å². The van der Waals surface area contributed by atoms with Gasteiger partial charge in [-0.15, -0.1) is 11.8 Å². The highest BCUT2D eigenvalue weighted by Gasteiger charge is 2.11. The fourth-order valence-electron chi connectivity index (χ4n) is 2.50. The molecule has 4 nitrogen and oxygen atoms in total. The van der Waals surface area contributed by atoms with E-state index in [0.717, 1.165) is 22.0 Å². The van der Waals surface area contributed by atoms with E-state index in [1.54, 1.807) is 12.1 Å². The third kappa shape index (κ3) is 4.28. The summed E-state index contributed by atoms with van der Waals surface area (Å²) < 4.78 is 14.7. The minimum atomic E-state index is -0.285. The zero-order valence-corrected chi connectivity index (χ0v) is 14.8. The summed E-state index contributed by atoms with van der Waals surface area (Å²) in [5.41, 5.74) is 3.46. The molecule has 0 radical (unpaired) electrons. The highest BCUT2D eigenvalue weighted by atomic mass is 32.2. The maximum Gasteiger partial charge on any atom is 0.234 e. The predicted molar refractivity (Wildman–Crippen MR) is 98.8 cm³/mol. The van der Waals surface area contributed by atoms with Crippen LogP contribution in [-0.4, -0.2) is 21.4 Å². The van der Waals surface area contributed by atoms with Crippen molar-refractivity contribution in [1.29, 1.82) is 0 Å². The van der Waals surface area contributed by atoms with Crippen molar-refractivity contribution in [1.82, 2.24) is 9.78 Å². The fourth-order valence-corrected chi connectivity index (χ4v) is 3.20. The first kappa shape index (κ1) is 17.2. The zero-order valence-electron chi connectivity index (χ0n) is 14.0. The Labute approximate surface area is 150 Å². The molecule has 0 aliphatic heterocycles. The lowest BCUT2D eigenvalue weighted by Crippen LogP contribution is -2.16. The molecule has 0 bridgehead atoms. The molecule has 0 fully saturated rings. The SMILES string of the molecule is Cc1cc(C)n(-c2ccccc2NC(=O)CSc2ccc(F)cc2)n1. The minimum absolute atomic E-state index is 0.122. The van der Waals surface area contributed by atoms with Crippen LogP contribution in [0.4, 0.5) is 10.1 Å². The van der Waals surface area contributed by atoms with Gasteiger partial charge >= 0.3 is 0 Å². The van der Waals surface area contributed by atoms with Crippen LogP contribution in [0, 0.1) is 19.7 Å². The van der Waals surface area contributed by atoms with Crippen molar-refractivity contribution in [3.63, 3.8) is 0 Å². The molecule has 0 atom stereocenters. The van der Waals surface area contributed by atoms with E-state index in [-0.39, 0.29) is 17.5 Å². The highest BCUT2D eigenvalue weighted by molar-refractivity contribution is 8.00. The molecule has 3 rings (SSSR count). The molecule has 0 spiro atoms. The molecule has 1 heterocycles. The molecule has 6 heteroatoms. The van der Waals surface area contributed by atoms with Gasteiger partial charge in [0.25, 0.3) is 0 Å². The summed E-state index contributed by atoms with van der Waals surface area (Å²) in [6, 6.07) is 15.6. The van der Waals surface area contributed by atoms with Crippen LogP contribution >= 0.6 is 11.8 Å². The van der Waals surface area contributed by atoms with Gasteiger partial charge in [-0.2, -0.15) is 5.10 Å². The first-order chi connectivity index (χ1) is 12.0. The van der Waals surface area contributed by atoms with Gasteiger partial charge in [-0.3, -0.25) is 4.79 Å². The molecule has 0 saturated carbocycles. The number of anilines is 1. The van der Waals surface area contributed by atoms with Crippen molar-refractivity contribution in [2.75, 3.05) is 11.1 Å². The Kier molecular flexibility index (Phi) is 5.19. The first-order valence-corrected chi connectivity index (χ1v) is 8.82. The van der Waals surface area contributed by atoms with Crippen molar-refractivity contribution in [2.24, 2.45) is 0 Å². The molecule has 1 N–H and O–H groups in total. The van der Waals surface area contributed by atoms with Crippen LogP contribution in [0.15, 0.2) is 59.5 Å². The molecule has 0 saturated heterocycles. The molecule has 0 aliphatic rings. The maximum absolute atomic E-state index is 12.9. The molecule has 0 unspecified atom stereocenters. The highest BCUT2D eigenvalue weighted by Crippen LogP contribution is 2.23. The molecular formula is C19H18FN3OS. The van der Waals surface area contributed by atoms with Gasteiger partial charge in [-0.25, -0.2) is 9.07 Å². The van der Waals surface area contributed by atoms with Gasteiger partial charge in [0.2, 0.25) is 5.91 Å². The van der Waals surface area contributed by atoms with E-state index in [2.05, 4.69) is 10.4 Å². The standard InChI is InChI=1S/C19H18FN3OS/c1-13-11-14(2)23(22-13)18-6-4-3-5-17(18)21-19(24)12-25-16-9-7-15(20)8-10-16/h3-11H,12H2,1-2H3,(H,21,24). The number of hydrogen-bond donors (Lipinski definition) is 1. The largest absolute Gasteiger partial charge is 0.323 e. The Hall–Kier alpha value is -2.60. The van der Waals surface area contributed by atoms with Crippen molar-refractivity contribution in [3.05, 3.63) is 71.8 Å². The van der Waals surface area contributed by atoms with Gasteiger partial charge in [0, 0.05) is 10.6 Å². The average molecular weight is 355 g/mol. The monoisotopic (exact) mass is 355 g/mol. The second kappa shape index (κ2) is 7.53. The second-order valence-electron chi connectivity index (χ2n) is 5.65. The number of para-hydroxylation sites is 2. The Balaban J connectivity index is 1.71. The number of carbonyl (C=O) groups is 1. The summed E-state index contributed by atoms with van der Waals surface area (Å²) in [5, 5.41) is 7.41. The van der Waals surface area contributed by atoms with E-state index < -0.39 is 0 Å². The van der Waals surface area contributed by atoms with Crippen molar-refractivity contribution in [2.45, 2.75) is 18.7 Å². The summed E-state index contributed by atoms with van der Waals surface area (Å²) >= 11 is 1.36. The van der Waals surface area contributed by atoms with Crippen LogP contribution in [-0.2, 0) is 4.79 Å². The Morgan fingerprint density at radius 2 is 1.88 bits per heavy atom. The smallest absolute Gasteiger partial charge is 0.234 e. The van der Waals surface area contributed by atoms with Crippen molar-refractivity contribution >= 4 is 23.4 Å². The van der Waals surface area contributed by atoms with Crippen LogP contribution in [0.1, 0.15) is 11.4 Å². The topological polar surface area (TPSA) is 46.9 Å². The molecule has 25 heavy (non-hydrogen) atoms. The number of nitrogens with zero attached hydrogens (tertiary/aromatic N) is 2. The normalized spacial score (nSPS) is 10.7. The lowest BCUT2D eigenvalue weighted by Gasteiger charge is -2.12. The van der Waals surface area contributed by atoms with Gasteiger partial charge in [0.15, 0.2) is 0 Å². The third-order valence-electron chi connectivity index (χ3n) is 3.60. The van der Waals surface area contributed by atoms with E-state index in [1.807, 2.05) is 48.9 Å². The van der Waals surface area contributed by atoms with E-state index >= 15 is 0 Å². The van der Waals surface area contributed by atoms with Gasteiger partial charge < -0.3 is 5.32 Å². The van der Waals surface area contributed by atoms with Gasteiger partial charge in [0.05, 0.1) is 22.8 Å². The zero-order chi connectivity index (χ0) is 17.8. The van der Waals surface area contributed by atoms with Gasteiger partial charge in [0.1, 0.15) is 5.82 Å². The lowest BCUT2D eigenvalue weighted by molar-refractivity contribution is -0.113. The quantitative estimate of drug-likeness (QED) is 0.692. The van der Waals surface area contributed by atoms with E-state index in [1.165, 1.54) is 23.9 Å². The lowest BCUT2D eigenvalue weighted by atomic mass is 10.2. The van der Waals surface area contributed by atoms with E-state index in [9.17, 15) is 9.18 Å². The Morgan fingerprint density at radius 1 is 1.16 bits per heavy atom. The van der Waals surface area contributed by atoms with Crippen LogP contribution < -0.4 is 5.32 Å². The maximum atomic E-state index is 12.9. The van der Waals surface area contributed by atoms with Crippen LogP contribution in [0.25, 0.3) is 5.69 Å². The van der Waals surface area contributed by atoms with Gasteiger partial charge in [-0.1, -0.05) is 12.1 Å². The molecule has 2 aromatic carbocycles. The minimum Gasteiger partial charge on any atom is -0.323 e. The number of aryl methyl sites for hydroxylation is 2. The molecule has 3 aromatic rings. The number of nitrogens with one attached hydrogen (secondary N) is 1. The predicted octanol–water partition coefficient (Wildman–Crippen LogP) is 4.36. The number of aromatic nitrogens is 2. The van der Waals surface area contributed by atoms with Gasteiger partial charge in [-0.05, 0) is 56.3 Å². The third-order valence-corrected chi connectivity index (χ3v) is 4.61. The summed E-state index contributed by atoms with van der Waals surface area (Å²) in [6.07, 6.45) is 0. The summed E-state index contributed by atoms with van der Waals surface area (Å²) in [4.78, 5) is 13.1. The first-order valence-electron chi connectivity index (χ1n) is 7.84. The van der Waals surface area contributed by atoms with E-state index in [4.69, 9.17) is 0 Å². The number of hydrogen-bond acceptors (Lipinski definition) is 3. The average Bonchev–Trinajstić information content (AvgIpc) is 2.93. The number of carbonyl (C=O) groups excluding carboxylic acids is 1. The Bertz CT molecular complexity index is 890.